The predicted octanol–water partition coefficient (Wildman–Crippen LogP) is 2.88. The molecule has 0 bridgehead atoms. The van der Waals surface area contributed by atoms with E-state index in [9.17, 15) is 4.79 Å². The van der Waals surface area contributed by atoms with Gasteiger partial charge in [-0.3, -0.25) is 14.6 Å². The molecule has 1 aliphatic heterocycles. The van der Waals surface area contributed by atoms with Crippen LogP contribution in [0.5, 0.6) is 0 Å². The van der Waals surface area contributed by atoms with Crippen molar-refractivity contribution in [2.45, 2.75) is 26.5 Å². The SMILES string of the molecule is CC(C)OC(=O)CN1CCN(Cc2csc(-c3ccccc3)n2)CC1. The first kappa shape index (κ1) is 18.0. The van der Waals surface area contributed by atoms with Crippen LogP contribution in [0.15, 0.2) is 35.7 Å². The Hall–Kier alpha value is -1.76. The van der Waals surface area contributed by atoms with Gasteiger partial charge in [-0.2, -0.15) is 0 Å². The average molecular weight is 359 g/mol. The highest BCUT2D eigenvalue weighted by molar-refractivity contribution is 7.13. The maximum atomic E-state index is 11.7. The number of carbonyl (C=O) groups excluding carboxylic acids is 1. The van der Waals surface area contributed by atoms with Crippen molar-refractivity contribution in [1.29, 1.82) is 0 Å². The van der Waals surface area contributed by atoms with Crippen molar-refractivity contribution in [1.82, 2.24) is 14.8 Å². The third-order valence-corrected chi connectivity index (χ3v) is 5.08. The van der Waals surface area contributed by atoms with E-state index in [4.69, 9.17) is 9.72 Å². The Balaban J connectivity index is 1.46. The van der Waals surface area contributed by atoms with Crippen LogP contribution < -0.4 is 0 Å². The summed E-state index contributed by atoms with van der Waals surface area (Å²) in [4.78, 5) is 21.1. The molecule has 2 aromatic rings. The summed E-state index contributed by atoms with van der Waals surface area (Å²) in [6.07, 6.45) is -0.0442. The van der Waals surface area contributed by atoms with Gasteiger partial charge in [-0.25, -0.2) is 4.98 Å². The number of hydrogen-bond acceptors (Lipinski definition) is 6. The molecular formula is C19H25N3O2S. The Bertz CT molecular complexity index is 679. The molecular weight excluding hydrogens is 334 g/mol. The Kier molecular flexibility index (Phi) is 6.18. The lowest BCUT2D eigenvalue weighted by Gasteiger charge is -2.33. The smallest absolute Gasteiger partial charge is 0.320 e. The van der Waals surface area contributed by atoms with Gasteiger partial charge in [0.25, 0.3) is 0 Å². The molecule has 3 rings (SSSR count). The Labute approximate surface area is 153 Å². The molecule has 6 heteroatoms. The van der Waals surface area contributed by atoms with Crippen molar-refractivity contribution in [2.24, 2.45) is 0 Å². The van der Waals surface area contributed by atoms with Gasteiger partial charge in [0.15, 0.2) is 0 Å². The van der Waals surface area contributed by atoms with E-state index in [0.29, 0.717) is 6.54 Å². The zero-order valence-corrected chi connectivity index (χ0v) is 15.7. The minimum absolute atomic E-state index is 0.0442. The topological polar surface area (TPSA) is 45.7 Å². The molecule has 0 amide bonds. The van der Waals surface area contributed by atoms with Gasteiger partial charge in [0.2, 0.25) is 0 Å². The maximum absolute atomic E-state index is 11.7. The van der Waals surface area contributed by atoms with Gasteiger partial charge in [-0.15, -0.1) is 11.3 Å². The van der Waals surface area contributed by atoms with E-state index in [1.54, 1.807) is 11.3 Å². The molecule has 0 radical (unpaired) electrons. The molecule has 0 N–H and O–H groups in total. The molecule has 0 saturated carbocycles. The second-order valence-electron chi connectivity index (χ2n) is 6.60. The van der Waals surface area contributed by atoms with Crippen LogP contribution in [0, 0.1) is 0 Å². The molecule has 0 atom stereocenters. The monoisotopic (exact) mass is 359 g/mol. The van der Waals surface area contributed by atoms with E-state index in [-0.39, 0.29) is 12.1 Å². The van der Waals surface area contributed by atoms with Crippen LogP contribution >= 0.6 is 11.3 Å². The summed E-state index contributed by atoms with van der Waals surface area (Å²) in [5.41, 5.74) is 2.30. The number of ether oxygens (including phenoxy) is 1. The number of nitrogens with zero attached hydrogens (tertiary/aromatic N) is 3. The van der Waals surface area contributed by atoms with Gasteiger partial charge < -0.3 is 4.74 Å². The van der Waals surface area contributed by atoms with Gasteiger partial charge in [0.1, 0.15) is 5.01 Å². The van der Waals surface area contributed by atoms with E-state index in [1.807, 2.05) is 32.0 Å². The summed E-state index contributed by atoms with van der Waals surface area (Å²) >= 11 is 1.70. The lowest BCUT2D eigenvalue weighted by atomic mass is 10.2. The lowest BCUT2D eigenvalue weighted by molar-refractivity contribution is -0.149. The van der Waals surface area contributed by atoms with Crippen molar-refractivity contribution < 1.29 is 9.53 Å². The van der Waals surface area contributed by atoms with Gasteiger partial charge in [-0.1, -0.05) is 30.3 Å². The molecule has 1 aromatic carbocycles. The number of benzene rings is 1. The van der Waals surface area contributed by atoms with Crippen LogP contribution in [0.3, 0.4) is 0 Å². The van der Waals surface area contributed by atoms with Crippen molar-refractivity contribution in [3.63, 3.8) is 0 Å². The minimum Gasteiger partial charge on any atom is -0.462 e. The number of carbonyl (C=O) groups is 1. The third-order valence-electron chi connectivity index (χ3n) is 4.14. The van der Waals surface area contributed by atoms with Crippen LogP contribution in [0.1, 0.15) is 19.5 Å². The highest BCUT2D eigenvalue weighted by atomic mass is 32.1. The first-order valence-corrected chi connectivity index (χ1v) is 9.62. The molecule has 1 saturated heterocycles. The zero-order valence-electron chi connectivity index (χ0n) is 14.9. The van der Waals surface area contributed by atoms with E-state index in [0.717, 1.165) is 43.4 Å². The molecule has 1 aromatic heterocycles. The molecule has 5 nitrogen and oxygen atoms in total. The summed E-state index contributed by atoms with van der Waals surface area (Å²) in [7, 11) is 0. The molecule has 0 spiro atoms. The second kappa shape index (κ2) is 8.56. The largest absolute Gasteiger partial charge is 0.462 e. The predicted molar refractivity (Wildman–Crippen MR) is 100 cm³/mol. The average Bonchev–Trinajstić information content (AvgIpc) is 3.05. The highest BCUT2D eigenvalue weighted by Crippen LogP contribution is 2.24. The molecule has 2 heterocycles. The summed E-state index contributed by atoms with van der Waals surface area (Å²) < 4.78 is 5.22. The third kappa shape index (κ3) is 5.36. The quantitative estimate of drug-likeness (QED) is 0.742. The number of piperazine rings is 1. The van der Waals surface area contributed by atoms with Crippen LogP contribution in [0.25, 0.3) is 10.6 Å². The van der Waals surface area contributed by atoms with Crippen molar-refractivity contribution in [3.05, 3.63) is 41.4 Å². The van der Waals surface area contributed by atoms with E-state index < -0.39 is 0 Å². The molecule has 134 valence electrons. The number of rotatable bonds is 6. The van der Waals surface area contributed by atoms with Gasteiger partial charge >= 0.3 is 5.97 Å². The zero-order chi connectivity index (χ0) is 17.6. The number of hydrogen-bond donors (Lipinski definition) is 0. The van der Waals surface area contributed by atoms with Gasteiger partial charge in [0.05, 0.1) is 18.3 Å². The van der Waals surface area contributed by atoms with Gasteiger partial charge in [-0.05, 0) is 13.8 Å². The van der Waals surface area contributed by atoms with Crippen molar-refractivity contribution in [2.75, 3.05) is 32.7 Å². The van der Waals surface area contributed by atoms with Crippen LogP contribution in [-0.4, -0.2) is 59.6 Å². The lowest BCUT2D eigenvalue weighted by Crippen LogP contribution is -2.47. The van der Waals surface area contributed by atoms with Crippen LogP contribution in [-0.2, 0) is 16.1 Å². The molecule has 0 aliphatic carbocycles. The molecule has 1 aliphatic rings. The number of aromatic nitrogens is 1. The second-order valence-corrected chi connectivity index (χ2v) is 7.46. The van der Waals surface area contributed by atoms with Crippen molar-refractivity contribution in [3.8, 4) is 10.6 Å². The standard InChI is InChI=1S/C19H25N3O2S/c1-15(2)24-18(23)13-22-10-8-21(9-11-22)12-17-14-25-19(20-17)16-6-4-3-5-7-16/h3-7,14-15H,8-13H2,1-2H3. The van der Waals surface area contributed by atoms with Crippen LogP contribution in [0.4, 0.5) is 0 Å². The summed E-state index contributed by atoms with van der Waals surface area (Å²) in [5, 5.41) is 3.22. The molecule has 25 heavy (non-hydrogen) atoms. The Morgan fingerprint density at radius 2 is 1.84 bits per heavy atom. The molecule has 0 unspecified atom stereocenters. The fourth-order valence-electron chi connectivity index (χ4n) is 2.91. The van der Waals surface area contributed by atoms with E-state index >= 15 is 0 Å². The highest BCUT2D eigenvalue weighted by Gasteiger charge is 2.20. The maximum Gasteiger partial charge on any atom is 0.320 e. The fourth-order valence-corrected chi connectivity index (χ4v) is 3.73. The summed E-state index contributed by atoms with van der Waals surface area (Å²) in [6.45, 7) is 8.71. The minimum atomic E-state index is -0.129. The summed E-state index contributed by atoms with van der Waals surface area (Å²) in [6, 6.07) is 10.3. The number of thiazole rings is 1. The van der Waals surface area contributed by atoms with Crippen molar-refractivity contribution >= 4 is 17.3 Å². The summed E-state index contributed by atoms with van der Waals surface area (Å²) in [5.74, 6) is -0.129. The van der Waals surface area contributed by atoms with Gasteiger partial charge in [0, 0.05) is 43.7 Å². The first-order chi connectivity index (χ1) is 12.1. The Morgan fingerprint density at radius 1 is 1.16 bits per heavy atom. The first-order valence-electron chi connectivity index (χ1n) is 8.74. The van der Waals surface area contributed by atoms with Crippen LogP contribution in [0.2, 0.25) is 0 Å². The van der Waals surface area contributed by atoms with E-state index in [1.165, 1.54) is 5.56 Å². The normalized spacial score (nSPS) is 16.3. The fraction of sp³-hybridized carbons (Fsp3) is 0.474. The Morgan fingerprint density at radius 3 is 2.52 bits per heavy atom. The molecule has 1 fully saturated rings. The van der Waals surface area contributed by atoms with E-state index in [2.05, 4.69) is 27.3 Å². The number of esters is 1.